The summed E-state index contributed by atoms with van der Waals surface area (Å²) >= 11 is 0. The summed E-state index contributed by atoms with van der Waals surface area (Å²) in [6.07, 6.45) is 3.71. The summed E-state index contributed by atoms with van der Waals surface area (Å²) in [6, 6.07) is 1.73. The highest BCUT2D eigenvalue weighted by atomic mass is 16.5. The van der Waals surface area contributed by atoms with Crippen LogP contribution in [0.3, 0.4) is 0 Å². The lowest BCUT2D eigenvalue weighted by atomic mass is 9.87. The van der Waals surface area contributed by atoms with Gasteiger partial charge in [-0.05, 0) is 18.9 Å². The van der Waals surface area contributed by atoms with Crippen LogP contribution in [-0.2, 0) is 11.8 Å². The van der Waals surface area contributed by atoms with Gasteiger partial charge in [-0.25, -0.2) is 9.67 Å². The molecule has 7 heteroatoms. The van der Waals surface area contributed by atoms with Crippen LogP contribution < -0.4 is 0 Å². The molecule has 2 fully saturated rings. The van der Waals surface area contributed by atoms with Gasteiger partial charge in [0.2, 0.25) is 0 Å². The fraction of sp³-hybridized carbons (Fsp3) is 0.571. The second-order valence-electron chi connectivity index (χ2n) is 6.02. The molecular formula is C14H17N5O2. The summed E-state index contributed by atoms with van der Waals surface area (Å²) in [7, 11) is 1.78. The van der Waals surface area contributed by atoms with Crippen molar-refractivity contribution in [3.05, 3.63) is 17.8 Å². The molecular weight excluding hydrogens is 270 g/mol. The molecule has 4 heterocycles. The molecule has 0 aliphatic carbocycles. The van der Waals surface area contributed by atoms with Crippen LogP contribution in [0.4, 0.5) is 0 Å². The van der Waals surface area contributed by atoms with E-state index in [1.807, 2.05) is 4.90 Å². The first kappa shape index (κ1) is 12.7. The monoisotopic (exact) mass is 287 g/mol. The maximum Gasteiger partial charge on any atom is 0.256 e. The van der Waals surface area contributed by atoms with Crippen molar-refractivity contribution in [2.75, 3.05) is 26.3 Å². The van der Waals surface area contributed by atoms with Crippen molar-refractivity contribution in [1.29, 1.82) is 0 Å². The van der Waals surface area contributed by atoms with E-state index in [0.29, 0.717) is 16.7 Å². The van der Waals surface area contributed by atoms with Gasteiger partial charge in [0.15, 0.2) is 5.65 Å². The van der Waals surface area contributed by atoms with Crippen LogP contribution in [0.5, 0.6) is 0 Å². The van der Waals surface area contributed by atoms with Gasteiger partial charge in [-0.15, -0.1) is 5.10 Å². The summed E-state index contributed by atoms with van der Waals surface area (Å²) < 4.78 is 7.10. The second kappa shape index (κ2) is 4.49. The molecule has 1 spiro atoms. The number of hydrogen-bond donors (Lipinski definition) is 0. The quantitative estimate of drug-likeness (QED) is 0.768. The predicted octanol–water partition coefficient (Wildman–Crippen LogP) is 0.616. The van der Waals surface area contributed by atoms with Crippen LogP contribution in [0.1, 0.15) is 23.2 Å². The van der Waals surface area contributed by atoms with Crippen LogP contribution in [0.2, 0.25) is 0 Å². The SMILES string of the molecule is Cn1nnc2c(C(=O)N3CCC4(CCOC4)C3)ccnc21. The molecule has 110 valence electrons. The Kier molecular flexibility index (Phi) is 2.72. The number of nitrogens with zero attached hydrogens (tertiary/aromatic N) is 5. The van der Waals surface area contributed by atoms with Gasteiger partial charge in [-0.1, -0.05) is 5.21 Å². The lowest BCUT2D eigenvalue weighted by Crippen LogP contribution is -2.32. The third-order valence-corrected chi connectivity index (χ3v) is 4.63. The molecule has 2 saturated heterocycles. The number of rotatable bonds is 1. The fourth-order valence-corrected chi connectivity index (χ4v) is 3.36. The van der Waals surface area contributed by atoms with Gasteiger partial charge in [0.1, 0.15) is 5.52 Å². The first-order chi connectivity index (χ1) is 10.2. The zero-order valence-electron chi connectivity index (χ0n) is 11.9. The van der Waals surface area contributed by atoms with Crippen molar-refractivity contribution in [2.24, 2.45) is 12.5 Å². The summed E-state index contributed by atoms with van der Waals surface area (Å²) in [6.45, 7) is 3.14. The van der Waals surface area contributed by atoms with Crippen molar-refractivity contribution >= 4 is 17.1 Å². The molecule has 21 heavy (non-hydrogen) atoms. The number of likely N-dealkylation sites (tertiary alicyclic amines) is 1. The zero-order chi connectivity index (χ0) is 14.4. The molecule has 4 rings (SSSR count). The molecule has 1 atom stereocenters. The van der Waals surface area contributed by atoms with Gasteiger partial charge in [0.25, 0.3) is 5.91 Å². The van der Waals surface area contributed by atoms with Crippen LogP contribution in [0.25, 0.3) is 11.2 Å². The highest BCUT2D eigenvalue weighted by Gasteiger charge is 2.43. The van der Waals surface area contributed by atoms with E-state index in [1.54, 1.807) is 24.0 Å². The topological polar surface area (TPSA) is 73.1 Å². The van der Waals surface area contributed by atoms with Crippen molar-refractivity contribution < 1.29 is 9.53 Å². The number of hydrogen-bond acceptors (Lipinski definition) is 5. The highest BCUT2D eigenvalue weighted by molar-refractivity contribution is 6.03. The first-order valence-corrected chi connectivity index (χ1v) is 7.20. The third-order valence-electron chi connectivity index (χ3n) is 4.63. The van der Waals surface area contributed by atoms with Crippen LogP contribution in [0.15, 0.2) is 12.3 Å². The number of carbonyl (C=O) groups is 1. The number of amides is 1. The van der Waals surface area contributed by atoms with Crippen molar-refractivity contribution in [3.8, 4) is 0 Å². The Morgan fingerprint density at radius 3 is 3.14 bits per heavy atom. The first-order valence-electron chi connectivity index (χ1n) is 7.20. The Morgan fingerprint density at radius 2 is 2.33 bits per heavy atom. The van der Waals surface area contributed by atoms with Crippen molar-refractivity contribution in [3.63, 3.8) is 0 Å². The molecule has 0 saturated carbocycles. The third kappa shape index (κ3) is 1.91. The van der Waals surface area contributed by atoms with Crippen LogP contribution in [0, 0.1) is 5.41 Å². The molecule has 1 unspecified atom stereocenters. The molecule has 2 aromatic heterocycles. The number of fused-ring (bicyclic) bond motifs is 1. The van der Waals surface area contributed by atoms with Gasteiger partial charge in [-0.2, -0.15) is 0 Å². The van der Waals surface area contributed by atoms with Crippen LogP contribution >= 0.6 is 0 Å². The number of aryl methyl sites for hydroxylation is 1. The summed E-state index contributed by atoms with van der Waals surface area (Å²) in [5.41, 5.74) is 1.97. The Bertz CT molecular complexity index is 704. The molecule has 0 radical (unpaired) electrons. The van der Waals surface area contributed by atoms with Crippen molar-refractivity contribution in [1.82, 2.24) is 24.9 Å². The fourth-order valence-electron chi connectivity index (χ4n) is 3.36. The Labute approximate surface area is 121 Å². The molecule has 0 bridgehead atoms. The molecule has 2 aliphatic rings. The van der Waals surface area contributed by atoms with E-state index in [9.17, 15) is 4.79 Å². The van der Waals surface area contributed by atoms with E-state index >= 15 is 0 Å². The number of aromatic nitrogens is 4. The minimum absolute atomic E-state index is 0.0201. The highest BCUT2D eigenvalue weighted by Crippen LogP contribution is 2.38. The van der Waals surface area contributed by atoms with Gasteiger partial charge in [0.05, 0.1) is 12.2 Å². The molecule has 2 aromatic rings. The van der Waals surface area contributed by atoms with Gasteiger partial charge < -0.3 is 9.64 Å². The van der Waals surface area contributed by atoms with E-state index in [0.717, 1.165) is 39.1 Å². The minimum atomic E-state index is 0.0201. The number of carbonyl (C=O) groups excluding carboxylic acids is 1. The Balaban J connectivity index is 1.65. The summed E-state index contributed by atoms with van der Waals surface area (Å²) in [4.78, 5) is 18.9. The average molecular weight is 287 g/mol. The van der Waals surface area contributed by atoms with E-state index in [2.05, 4.69) is 15.3 Å². The average Bonchev–Trinajstić information content (AvgIpc) is 3.21. The largest absolute Gasteiger partial charge is 0.381 e. The second-order valence-corrected chi connectivity index (χ2v) is 6.02. The smallest absolute Gasteiger partial charge is 0.256 e. The minimum Gasteiger partial charge on any atom is -0.381 e. The zero-order valence-corrected chi connectivity index (χ0v) is 11.9. The summed E-state index contributed by atoms with van der Waals surface area (Å²) in [5, 5.41) is 8.03. The van der Waals surface area contributed by atoms with E-state index in [-0.39, 0.29) is 11.3 Å². The standard InChI is InChI=1S/C14H17N5O2/c1-18-12-11(16-17-18)10(2-5-15-12)13(20)19-6-3-14(8-19)4-7-21-9-14/h2,5H,3-4,6-9H2,1H3. The normalized spacial score (nSPS) is 25.3. The molecule has 0 aromatic carbocycles. The Hall–Kier alpha value is -2.02. The lowest BCUT2D eigenvalue weighted by Gasteiger charge is -2.22. The van der Waals surface area contributed by atoms with Crippen molar-refractivity contribution in [2.45, 2.75) is 12.8 Å². The molecule has 2 aliphatic heterocycles. The van der Waals surface area contributed by atoms with Gasteiger partial charge in [0, 0.05) is 38.4 Å². The maximum atomic E-state index is 12.8. The number of pyridine rings is 1. The van der Waals surface area contributed by atoms with Gasteiger partial charge >= 0.3 is 0 Å². The molecule has 0 N–H and O–H groups in total. The van der Waals surface area contributed by atoms with E-state index < -0.39 is 0 Å². The lowest BCUT2D eigenvalue weighted by molar-refractivity contribution is 0.0767. The predicted molar refractivity (Wildman–Crippen MR) is 74.7 cm³/mol. The number of ether oxygens (including phenoxy) is 1. The molecule has 7 nitrogen and oxygen atoms in total. The van der Waals surface area contributed by atoms with E-state index in [1.165, 1.54) is 0 Å². The maximum absolute atomic E-state index is 12.8. The van der Waals surface area contributed by atoms with Gasteiger partial charge in [-0.3, -0.25) is 4.79 Å². The molecule has 1 amide bonds. The van der Waals surface area contributed by atoms with E-state index in [4.69, 9.17) is 4.74 Å². The summed E-state index contributed by atoms with van der Waals surface area (Å²) in [5.74, 6) is 0.0201. The van der Waals surface area contributed by atoms with Crippen LogP contribution in [-0.4, -0.2) is 57.1 Å². The Morgan fingerprint density at radius 1 is 1.43 bits per heavy atom.